The zero-order chi connectivity index (χ0) is 10.9. The Kier molecular flexibility index (Phi) is 3.01. The van der Waals surface area contributed by atoms with Crippen molar-refractivity contribution < 1.29 is 14.9 Å². The van der Waals surface area contributed by atoms with Gasteiger partial charge in [-0.1, -0.05) is 0 Å². The number of hydrogen-bond donors (Lipinski definition) is 2. The molecule has 0 saturated carbocycles. The molecule has 0 aliphatic heterocycles. The van der Waals surface area contributed by atoms with Gasteiger partial charge in [0.15, 0.2) is 11.5 Å². The molecule has 0 aromatic heterocycles. The number of aromatic hydroxyl groups is 1. The summed E-state index contributed by atoms with van der Waals surface area (Å²) in [5, 5.41) is 19.2. The van der Waals surface area contributed by atoms with E-state index in [2.05, 4.69) is 0 Å². The first kappa shape index (κ1) is 10.9. The molecule has 1 aromatic rings. The fourth-order valence-corrected chi connectivity index (χ4v) is 1.58. The van der Waals surface area contributed by atoms with Crippen LogP contribution < -0.4 is 4.74 Å². The molecule has 0 spiro atoms. The van der Waals surface area contributed by atoms with Crippen LogP contribution >= 0.6 is 0 Å². The average Bonchev–Trinajstić information content (AvgIpc) is 2.12. The second kappa shape index (κ2) is 3.88. The van der Waals surface area contributed by atoms with Gasteiger partial charge >= 0.3 is 0 Å². The minimum absolute atomic E-state index is 0.148. The van der Waals surface area contributed by atoms with Crippen molar-refractivity contribution in [2.24, 2.45) is 0 Å². The van der Waals surface area contributed by atoms with Crippen LogP contribution in [0.4, 0.5) is 0 Å². The van der Waals surface area contributed by atoms with Gasteiger partial charge in [-0.2, -0.15) is 0 Å². The molecule has 78 valence electrons. The van der Waals surface area contributed by atoms with E-state index in [0.29, 0.717) is 11.3 Å². The summed E-state index contributed by atoms with van der Waals surface area (Å²) in [7, 11) is 1.51. The summed E-state index contributed by atoms with van der Waals surface area (Å²) in [6, 6.07) is 1.78. The number of phenols is 1. The average molecular weight is 196 g/mol. The van der Waals surface area contributed by atoms with Crippen LogP contribution in [-0.2, 0) is 0 Å². The molecule has 1 atom stereocenters. The molecule has 1 unspecified atom stereocenters. The van der Waals surface area contributed by atoms with Crippen LogP contribution in [0, 0.1) is 13.8 Å². The van der Waals surface area contributed by atoms with Gasteiger partial charge in [-0.15, -0.1) is 0 Å². The van der Waals surface area contributed by atoms with Crippen LogP contribution in [0.5, 0.6) is 11.5 Å². The van der Waals surface area contributed by atoms with Crippen LogP contribution in [0.1, 0.15) is 29.7 Å². The third-order valence-corrected chi connectivity index (χ3v) is 2.39. The van der Waals surface area contributed by atoms with Gasteiger partial charge in [0.05, 0.1) is 13.2 Å². The zero-order valence-corrected chi connectivity index (χ0v) is 8.96. The Balaban J connectivity index is 3.42. The topological polar surface area (TPSA) is 49.7 Å². The summed E-state index contributed by atoms with van der Waals surface area (Å²) in [5.41, 5.74) is 2.28. The summed E-state index contributed by atoms with van der Waals surface area (Å²) in [6.45, 7) is 5.29. The van der Waals surface area contributed by atoms with E-state index in [1.807, 2.05) is 6.92 Å². The number of rotatable bonds is 2. The minimum Gasteiger partial charge on any atom is -0.504 e. The second-order valence-corrected chi connectivity index (χ2v) is 3.47. The Hall–Kier alpha value is -1.22. The number of aliphatic hydroxyl groups is 1. The summed E-state index contributed by atoms with van der Waals surface area (Å²) in [5.74, 6) is 0.593. The first-order chi connectivity index (χ1) is 6.49. The predicted octanol–water partition coefficient (Wildman–Crippen LogP) is 2.07. The molecule has 0 amide bonds. The molecule has 0 heterocycles. The van der Waals surface area contributed by atoms with Gasteiger partial charge in [0.25, 0.3) is 0 Å². The first-order valence-corrected chi connectivity index (χ1v) is 4.54. The van der Waals surface area contributed by atoms with Gasteiger partial charge in [0.1, 0.15) is 0 Å². The number of aliphatic hydroxyl groups excluding tert-OH is 1. The Labute approximate surface area is 84.0 Å². The van der Waals surface area contributed by atoms with E-state index in [1.54, 1.807) is 19.9 Å². The molecule has 0 aliphatic rings. The van der Waals surface area contributed by atoms with Crippen molar-refractivity contribution in [2.75, 3.05) is 7.11 Å². The van der Waals surface area contributed by atoms with Crippen molar-refractivity contribution in [2.45, 2.75) is 26.9 Å². The molecule has 2 N–H and O–H groups in total. The third-order valence-electron chi connectivity index (χ3n) is 2.39. The van der Waals surface area contributed by atoms with Crippen molar-refractivity contribution >= 4 is 0 Å². The number of aryl methyl sites for hydroxylation is 1. The maximum atomic E-state index is 9.68. The van der Waals surface area contributed by atoms with Gasteiger partial charge in [0.2, 0.25) is 0 Å². The van der Waals surface area contributed by atoms with Crippen molar-refractivity contribution in [3.8, 4) is 11.5 Å². The van der Waals surface area contributed by atoms with Gasteiger partial charge < -0.3 is 14.9 Å². The lowest BCUT2D eigenvalue weighted by molar-refractivity contribution is 0.197. The maximum absolute atomic E-state index is 9.68. The number of phenolic OH excluding ortho intramolecular Hbond substituents is 1. The highest BCUT2D eigenvalue weighted by molar-refractivity contribution is 5.54. The lowest BCUT2D eigenvalue weighted by Gasteiger charge is -2.15. The molecular weight excluding hydrogens is 180 g/mol. The Morgan fingerprint density at radius 3 is 2.36 bits per heavy atom. The molecule has 0 aliphatic carbocycles. The van der Waals surface area contributed by atoms with Crippen molar-refractivity contribution in [3.05, 3.63) is 22.8 Å². The summed E-state index contributed by atoms with van der Waals surface area (Å²) < 4.78 is 5.09. The number of methoxy groups -OCH3 is 1. The van der Waals surface area contributed by atoms with Crippen molar-refractivity contribution in [3.63, 3.8) is 0 Å². The lowest BCUT2D eigenvalue weighted by atomic mass is 9.99. The largest absolute Gasteiger partial charge is 0.504 e. The van der Waals surface area contributed by atoms with Gasteiger partial charge in [0, 0.05) is 5.56 Å². The quantitative estimate of drug-likeness (QED) is 0.761. The zero-order valence-electron chi connectivity index (χ0n) is 8.96. The SMILES string of the molecule is COc1c(C)c(C(C)O)cc(C)c1O. The molecule has 0 fully saturated rings. The molecule has 3 heteroatoms. The van der Waals surface area contributed by atoms with Crippen LogP contribution in [0.15, 0.2) is 6.07 Å². The summed E-state index contributed by atoms with van der Waals surface area (Å²) >= 11 is 0. The van der Waals surface area contributed by atoms with Gasteiger partial charge in [-0.25, -0.2) is 0 Å². The van der Waals surface area contributed by atoms with Gasteiger partial charge in [-0.05, 0) is 38.0 Å². The Bertz CT molecular complexity index is 343. The summed E-state index contributed by atoms with van der Waals surface area (Å²) in [6.07, 6.45) is -0.553. The van der Waals surface area contributed by atoms with E-state index in [9.17, 15) is 10.2 Å². The standard InChI is InChI=1S/C11H16O3/c1-6-5-9(8(3)12)7(2)11(14-4)10(6)13/h5,8,12-13H,1-4H3. The number of ether oxygens (including phenoxy) is 1. The van der Waals surface area contributed by atoms with E-state index in [1.165, 1.54) is 7.11 Å². The van der Waals surface area contributed by atoms with Crippen molar-refractivity contribution in [1.82, 2.24) is 0 Å². The van der Waals surface area contributed by atoms with Crippen LogP contribution in [0.2, 0.25) is 0 Å². The molecule has 3 nitrogen and oxygen atoms in total. The lowest BCUT2D eigenvalue weighted by Crippen LogP contribution is -1.99. The highest BCUT2D eigenvalue weighted by atomic mass is 16.5. The van der Waals surface area contributed by atoms with Crippen LogP contribution in [0.25, 0.3) is 0 Å². The van der Waals surface area contributed by atoms with Crippen LogP contribution in [0.3, 0.4) is 0 Å². The van der Waals surface area contributed by atoms with Gasteiger partial charge in [-0.3, -0.25) is 0 Å². The molecular formula is C11H16O3. The van der Waals surface area contributed by atoms with Crippen LogP contribution in [-0.4, -0.2) is 17.3 Å². The van der Waals surface area contributed by atoms with Crippen molar-refractivity contribution in [1.29, 1.82) is 0 Å². The highest BCUT2D eigenvalue weighted by Crippen LogP contribution is 2.37. The second-order valence-electron chi connectivity index (χ2n) is 3.47. The molecule has 1 rings (SSSR count). The molecule has 0 saturated heterocycles. The third kappa shape index (κ3) is 1.68. The van der Waals surface area contributed by atoms with E-state index < -0.39 is 6.10 Å². The van der Waals surface area contributed by atoms with E-state index in [0.717, 1.165) is 11.1 Å². The Morgan fingerprint density at radius 1 is 1.36 bits per heavy atom. The monoisotopic (exact) mass is 196 g/mol. The molecule has 0 radical (unpaired) electrons. The summed E-state index contributed by atoms with van der Waals surface area (Å²) in [4.78, 5) is 0. The van der Waals surface area contributed by atoms with E-state index in [4.69, 9.17) is 4.74 Å². The smallest absolute Gasteiger partial charge is 0.164 e. The normalized spacial score (nSPS) is 12.6. The Morgan fingerprint density at radius 2 is 1.93 bits per heavy atom. The minimum atomic E-state index is -0.553. The van der Waals surface area contributed by atoms with E-state index >= 15 is 0 Å². The fraction of sp³-hybridized carbons (Fsp3) is 0.455. The predicted molar refractivity (Wildman–Crippen MR) is 54.8 cm³/mol. The first-order valence-electron chi connectivity index (χ1n) is 4.54. The fourth-order valence-electron chi connectivity index (χ4n) is 1.58. The maximum Gasteiger partial charge on any atom is 0.164 e. The molecule has 14 heavy (non-hydrogen) atoms. The number of hydrogen-bond acceptors (Lipinski definition) is 3. The molecule has 1 aromatic carbocycles. The highest BCUT2D eigenvalue weighted by Gasteiger charge is 2.15. The number of benzene rings is 1. The van der Waals surface area contributed by atoms with E-state index in [-0.39, 0.29) is 5.75 Å². The molecule has 0 bridgehead atoms.